The van der Waals surface area contributed by atoms with E-state index >= 15 is 0 Å². The highest BCUT2D eigenvalue weighted by molar-refractivity contribution is 5.79. The van der Waals surface area contributed by atoms with Crippen molar-refractivity contribution in [1.29, 1.82) is 0 Å². The molecule has 0 radical (unpaired) electrons. The Bertz CT molecular complexity index is 813. The highest BCUT2D eigenvalue weighted by Crippen LogP contribution is 2.28. The van der Waals surface area contributed by atoms with Gasteiger partial charge in [-0.2, -0.15) is 9.61 Å². The number of amides is 1. The van der Waals surface area contributed by atoms with E-state index in [2.05, 4.69) is 29.7 Å². The minimum Gasteiger partial charge on any atom is -0.356 e. The van der Waals surface area contributed by atoms with Crippen LogP contribution in [0.15, 0.2) is 6.07 Å². The van der Waals surface area contributed by atoms with Crippen molar-refractivity contribution in [3.63, 3.8) is 0 Å². The standard InChI is InChI=1S/C20H29N5O/c1-4-17-13-18(25-19(21-17)14(2)15(3)22-25)23-11-7-16(8-12-23)20(26)24-9-5-6-10-24/h13,16H,4-12H2,1-3H3. The van der Waals surface area contributed by atoms with Crippen LogP contribution in [0.5, 0.6) is 0 Å². The molecule has 0 saturated carbocycles. The van der Waals surface area contributed by atoms with E-state index in [-0.39, 0.29) is 5.92 Å². The van der Waals surface area contributed by atoms with Crippen LogP contribution in [0.2, 0.25) is 0 Å². The number of aryl methyl sites for hydroxylation is 3. The molecule has 0 atom stereocenters. The first kappa shape index (κ1) is 17.3. The second-order valence-electron chi connectivity index (χ2n) is 7.70. The number of piperidine rings is 1. The summed E-state index contributed by atoms with van der Waals surface area (Å²) in [4.78, 5) is 21.9. The third-order valence-corrected chi connectivity index (χ3v) is 6.04. The van der Waals surface area contributed by atoms with E-state index in [0.29, 0.717) is 5.91 Å². The van der Waals surface area contributed by atoms with E-state index in [1.807, 2.05) is 11.4 Å². The molecule has 2 aromatic heterocycles. The monoisotopic (exact) mass is 355 g/mol. The number of rotatable bonds is 3. The molecule has 2 saturated heterocycles. The van der Waals surface area contributed by atoms with Crippen molar-refractivity contribution in [3.8, 4) is 0 Å². The van der Waals surface area contributed by atoms with Gasteiger partial charge in [0, 0.05) is 49.4 Å². The average Bonchev–Trinajstić information content (AvgIpc) is 3.30. The third kappa shape index (κ3) is 2.95. The maximum absolute atomic E-state index is 12.7. The Morgan fingerprint density at radius 3 is 2.50 bits per heavy atom. The first-order valence-corrected chi connectivity index (χ1v) is 9.98. The van der Waals surface area contributed by atoms with E-state index in [1.165, 1.54) is 0 Å². The molecule has 0 bridgehead atoms. The number of nitrogens with zero attached hydrogens (tertiary/aromatic N) is 5. The summed E-state index contributed by atoms with van der Waals surface area (Å²) in [5, 5.41) is 4.72. The molecule has 1 amide bonds. The molecule has 0 aliphatic carbocycles. The Hall–Kier alpha value is -2.11. The zero-order chi connectivity index (χ0) is 18.3. The molecule has 26 heavy (non-hydrogen) atoms. The quantitative estimate of drug-likeness (QED) is 0.849. The van der Waals surface area contributed by atoms with E-state index in [9.17, 15) is 4.79 Å². The fourth-order valence-corrected chi connectivity index (χ4v) is 4.22. The molecule has 2 aromatic rings. The number of anilines is 1. The van der Waals surface area contributed by atoms with Crippen LogP contribution in [0, 0.1) is 19.8 Å². The van der Waals surface area contributed by atoms with Crippen molar-refractivity contribution in [2.45, 2.75) is 52.9 Å². The summed E-state index contributed by atoms with van der Waals surface area (Å²) >= 11 is 0. The van der Waals surface area contributed by atoms with Gasteiger partial charge in [-0.1, -0.05) is 6.92 Å². The SMILES string of the molecule is CCc1cc(N2CCC(C(=O)N3CCCC3)CC2)n2nc(C)c(C)c2n1. The molecule has 4 heterocycles. The molecule has 0 spiro atoms. The van der Waals surface area contributed by atoms with Crippen LogP contribution in [0.1, 0.15) is 49.6 Å². The Balaban J connectivity index is 1.55. The summed E-state index contributed by atoms with van der Waals surface area (Å²) in [7, 11) is 0. The van der Waals surface area contributed by atoms with E-state index in [0.717, 1.165) is 86.7 Å². The van der Waals surface area contributed by atoms with Crippen LogP contribution < -0.4 is 4.90 Å². The van der Waals surface area contributed by atoms with Gasteiger partial charge in [-0.05, 0) is 46.0 Å². The lowest BCUT2D eigenvalue weighted by molar-refractivity contribution is -0.135. The van der Waals surface area contributed by atoms with Crippen molar-refractivity contribution >= 4 is 17.4 Å². The number of carbonyl (C=O) groups is 1. The maximum Gasteiger partial charge on any atom is 0.225 e. The van der Waals surface area contributed by atoms with Crippen molar-refractivity contribution in [2.24, 2.45) is 5.92 Å². The second kappa shape index (κ2) is 6.89. The summed E-state index contributed by atoms with van der Waals surface area (Å²) < 4.78 is 1.99. The van der Waals surface area contributed by atoms with E-state index in [4.69, 9.17) is 10.1 Å². The zero-order valence-electron chi connectivity index (χ0n) is 16.2. The lowest BCUT2D eigenvalue weighted by Crippen LogP contribution is -2.42. The van der Waals surface area contributed by atoms with Gasteiger partial charge in [0.2, 0.25) is 5.91 Å². The van der Waals surface area contributed by atoms with Crippen LogP contribution in [0.3, 0.4) is 0 Å². The number of carbonyl (C=O) groups excluding carboxylic acids is 1. The Kier molecular flexibility index (Phi) is 4.59. The van der Waals surface area contributed by atoms with Gasteiger partial charge in [-0.15, -0.1) is 0 Å². The first-order valence-electron chi connectivity index (χ1n) is 9.98. The zero-order valence-corrected chi connectivity index (χ0v) is 16.2. The molecule has 2 fully saturated rings. The Labute approximate surface area is 155 Å². The van der Waals surface area contributed by atoms with E-state index in [1.54, 1.807) is 0 Å². The molecule has 4 rings (SSSR count). The highest BCUT2D eigenvalue weighted by Gasteiger charge is 2.30. The molecule has 2 aliphatic rings. The predicted octanol–water partition coefficient (Wildman–Crippen LogP) is 2.75. The summed E-state index contributed by atoms with van der Waals surface area (Å²) in [6, 6.07) is 2.17. The average molecular weight is 355 g/mol. The van der Waals surface area contributed by atoms with Gasteiger partial charge in [0.1, 0.15) is 5.82 Å². The van der Waals surface area contributed by atoms with E-state index < -0.39 is 0 Å². The minimum atomic E-state index is 0.188. The number of hydrogen-bond acceptors (Lipinski definition) is 4. The molecular weight excluding hydrogens is 326 g/mol. The summed E-state index contributed by atoms with van der Waals surface area (Å²) in [6.45, 7) is 10.00. The second-order valence-corrected chi connectivity index (χ2v) is 7.70. The van der Waals surface area contributed by atoms with Crippen LogP contribution >= 0.6 is 0 Å². The van der Waals surface area contributed by atoms with Crippen molar-refractivity contribution in [1.82, 2.24) is 19.5 Å². The van der Waals surface area contributed by atoms with Gasteiger partial charge in [0.25, 0.3) is 0 Å². The Morgan fingerprint density at radius 2 is 1.85 bits per heavy atom. The summed E-state index contributed by atoms with van der Waals surface area (Å²) in [5.74, 6) is 1.69. The Morgan fingerprint density at radius 1 is 1.15 bits per heavy atom. The number of hydrogen-bond donors (Lipinski definition) is 0. The fourth-order valence-electron chi connectivity index (χ4n) is 4.22. The van der Waals surface area contributed by atoms with Crippen molar-refractivity contribution in [3.05, 3.63) is 23.0 Å². The molecule has 0 aromatic carbocycles. The van der Waals surface area contributed by atoms with Crippen LogP contribution in [-0.4, -0.2) is 51.6 Å². The van der Waals surface area contributed by atoms with Gasteiger partial charge in [0.05, 0.1) is 5.69 Å². The van der Waals surface area contributed by atoms with Crippen LogP contribution in [0.4, 0.5) is 5.82 Å². The predicted molar refractivity (Wildman–Crippen MR) is 103 cm³/mol. The molecular formula is C20H29N5O. The van der Waals surface area contributed by atoms with Gasteiger partial charge in [-0.3, -0.25) is 4.79 Å². The maximum atomic E-state index is 12.7. The largest absolute Gasteiger partial charge is 0.356 e. The fraction of sp³-hybridized carbons (Fsp3) is 0.650. The summed E-state index contributed by atoms with van der Waals surface area (Å²) in [5.41, 5.74) is 4.25. The highest BCUT2D eigenvalue weighted by atomic mass is 16.2. The molecule has 6 heteroatoms. The molecule has 2 aliphatic heterocycles. The third-order valence-electron chi connectivity index (χ3n) is 6.04. The summed E-state index contributed by atoms with van der Waals surface area (Å²) in [6.07, 6.45) is 5.10. The topological polar surface area (TPSA) is 53.7 Å². The number of aromatic nitrogens is 3. The molecule has 0 N–H and O–H groups in total. The minimum absolute atomic E-state index is 0.188. The number of fused-ring (bicyclic) bond motifs is 1. The van der Waals surface area contributed by atoms with Gasteiger partial charge in [0.15, 0.2) is 5.65 Å². The van der Waals surface area contributed by atoms with Crippen molar-refractivity contribution in [2.75, 3.05) is 31.1 Å². The van der Waals surface area contributed by atoms with Crippen LogP contribution in [0.25, 0.3) is 5.65 Å². The normalized spacial score (nSPS) is 18.9. The van der Waals surface area contributed by atoms with Gasteiger partial charge >= 0.3 is 0 Å². The molecule has 140 valence electrons. The number of likely N-dealkylation sites (tertiary alicyclic amines) is 1. The van der Waals surface area contributed by atoms with Gasteiger partial charge in [-0.25, -0.2) is 4.98 Å². The molecule has 0 unspecified atom stereocenters. The lowest BCUT2D eigenvalue weighted by Gasteiger charge is -2.34. The van der Waals surface area contributed by atoms with Gasteiger partial charge < -0.3 is 9.80 Å². The lowest BCUT2D eigenvalue weighted by atomic mass is 9.95. The van der Waals surface area contributed by atoms with Crippen molar-refractivity contribution < 1.29 is 4.79 Å². The smallest absolute Gasteiger partial charge is 0.225 e. The molecule has 6 nitrogen and oxygen atoms in total. The first-order chi connectivity index (χ1) is 12.6. The van der Waals surface area contributed by atoms with Crippen LogP contribution in [-0.2, 0) is 11.2 Å².